The van der Waals surface area contributed by atoms with Crippen molar-refractivity contribution in [3.05, 3.63) is 65.2 Å². The van der Waals surface area contributed by atoms with Crippen LogP contribution < -0.4 is 9.47 Å². The lowest BCUT2D eigenvalue weighted by Crippen LogP contribution is -2.35. The number of carbonyl (C=O) groups excluding carboxylic acids is 1. The van der Waals surface area contributed by atoms with Crippen LogP contribution in [0.15, 0.2) is 64.2 Å². The molecule has 182 valence electrons. The van der Waals surface area contributed by atoms with Crippen molar-refractivity contribution in [2.75, 3.05) is 19.5 Å². The van der Waals surface area contributed by atoms with Crippen LogP contribution in [-0.4, -0.2) is 54.2 Å². The minimum Gasteiger partial charge on any atom is -0.490 e. The molecule has 9 nitrogen and oxygen atoms in total. The highest BCUT2D eigenvalue weighted by Crippen LogP contribution is 2.30. The molecule has 1 amide bonds. The van der Waals surface area contributed by atoms with Gasteiger partial charge >= 0.3 is 0 Å². The molecule has 2 heterocycles. The van der Waals surface area contributed by atoms with Crippen molar-refractivity contribution in [1.29, 1.82) is 5.41 Å². The summed E-state index contributed by atoms with van der Waals surface area (Å²) in [6.45, 7) is 5.04. The first kappa shape index (κ1) is 24.7. The standard InChI is InChI=1S/C24H24N4O5S2/c1-15(2)17-6-10-19(11-7-17)33-13-12-32-18-8-4-16(5-9-18)14-20-21(25)28-23(26-22(20)29)34-24(27-28)35(3,30)31/h4-11,14-15,25H,12-13H2,1-3H3/b20-14-,25-21?. The first-order valence-electron chi connectivity index (χ1n) is 10.8. The lowest BCUT2D eigenvalue weighted by Gasteiger charge is -2.20. The molecule has 0 atom stereocenters. The number of hydrazone groups is 1. The summed E-state index contributed by atoms with van der Waals surface area (Å²) in [4.78, 5) is 16.3. The number of nitrogens with one attached hydrogen (secondary N) is 1. The summed E-state index contributed by atoms with van der Waals surface area (Å²) in [5.74, 6) is 1.03. The van der Waals surface area contributed by atoms with Crippen molar-refractivity contribution in [3.63, 3.8) is 0 Å². The second-order valence-electron chi connectivity index (χ2n) is 8.15. The number of carbonyl (C=O) groups is 1. The summed E-state index contributed by atoms with van der Waals surface area (Å²) in [5.41, 5.74) is 1.93. The molecule has 2 aliphatic rings. The van der Waals surface area contributed by atoms with E-state index in [4.69, 9.17) is 14.9 Å². The van der Waals surface area contributed by atoms with Crippen LogP contribution in [0.4, 0.5) is 0 Å². The molecule has 0 unspecified atom stereocenters. The molecule has 2 aliphatic heterocycles. The van der Waals surface area contributed by atoms with Gasteiger partial charge in [0, 0.05) is 6.26 Å². The number of thioether (sulfide) groups is 1. The first-order valence-corrected chi connectivity index (χ1v) is 13.5. The molecule has 2 aromatic carbocycles. The van der Waals surface area contributed by atoms with Crippen LogP contribution in [0, 0.1) is 5.41 Å². The van der Waals surface area contributed by atoms with Gasteiger partial charge in [0.05, 0.1) is 5.57 Å². The van der Waals surface area contributed by atoms with Crippen molar-refractivity contribution in [1.82, 2.24) is 5.01 Å². The fourth-order valence-electron chi connectivity index (χ4n) is 3.22. The van der Waals surface area contributed by atoms with Crippen LogP contribution >= 0.6 is 11.8 Å². The van der Waals surface area contributed by atoms with Gasteiger partial charge in [0.15, 0.2) is 5.84 Å². The molecule has 0 aliphatic carbocycles. The molecule has 0 fully saturated rings. The third kappa shape index (κ3) is 5.80. The van der Waals surface area contributed by atoms with Crippen LogP contribution in [0.3, 0.4) is 0 Å². The van der Waals surface area contributed by atoms with Crippen LogP contribution in [0.1, 0.15) is 30.9 Å². The number of amidine groups is 2. The van der Waals surface area contributed by atoms with Gasteiger partial charge < -0.3 is 9.47 Å². The largest absolute Gasteiger partial charge is 0.490 e. The second kappa shape index (κ2) is 10.0. The highest BCUT2D eigenvalue weighted by Gasteiger charge is 2.38. The Morgan fingerprint density at radius 2 is 1.60 bits per heavy atom. The second-order valence-corrected chi connectivity index (χ2v) is 11.3. The highest BCUT2D eigenvalue weighted by atomic mass is 32.3. The van der Waals surface area contributed by atoms with E-state index in [-0.39, 0.29) is 21.0 Å². The normalized spacial score (nSPS) is 16.9. The Morgan fingerprint density at radius 1 is 1.03 bits per heavy atom. The zero-order chi connectivity index (χ0) is 25.2. The van der Waals surface area contributed by atoms with Crippen molar-refractivity contribution < 1.29 is 22.7 Å². The van der Waals surface area contributed by atoms with Gasteiger partial charge in [0.2, 0.25) is 19.4 Å². The fourth-order valence-corrected chi connectivity index (χ4v) is 4.90. The Hall–Kier alpha value is -3.44. The average Bonchev–Trinajstić information content (AvgIpc) is 3.25. The molecule has 0 spiro atoms. The summed E-state index contributed by atoms with van der Waals surface area (Å²) >= 11 is 0.751. The zero-order valence-corrected chi connectivity index (χ0v) is 21.0. The van der Waals surface area contributed by atoms with Gasteiger partial charge in [-0.1, -0.05) is 38.1 Å². The number of aliphatic imine (C=N–C) groups is 1. The summed E-state index contributed by atoms with van der Waals surface area (Å²) in [6, 6.07) is 15.0. The van der Waals surface area contributed by atoms with Gasteiger partial charge in [-0.3, -0.25) is 10.2 Å². The maximum atomic E-state index is 12.4. The van der Waals surface area contributed by atoms with Crippen molar-refractivity contribution in [2.45, 2.75) is 19.8 Å². The fraction of sp³-hybridized carbons (Fsp3) is 0.250. The van der Waals surface area contributed by atoms with Crippen molar-refractivity contribution >= 4 is 49.0 Å². The lowest BCUT2D eigenvalue weighted by atomic mass is 10.0. The number of ether oxygens (including phenoxy) is 2. The monoisotopic (exact) mass is 512 g/mol. The smallest absolute Gasteiger partial charge is 0.283 e. The molecule has 2 aromatic rings. The van der Waals surface area contributed by atoms with E-state index >= 15 is 0 Å². The number of hydrogen-bond acceptors (Lipinski definition) is 8. The SMILES string of the molecule is CC(C)c1ccc(OCCOc2ccc(/C=C3/C(=N)N4N=C(S(C)(=O)=O)SC4=NC3=O)cc2)cc1. The molecule has 0 aromatic heterocycles. The van der Waals surface area contributed by atoms with E-state index in [1.165, 1.54) is 11.6 Å². The molecule has 0 bridgehead atoms. The third-order valence-corrected chi connectivity index (χ3v) is 7.69. The summed E-state index contributed by atoms with van der Waals surface area (Å²) in [5, 5.41) is 13.3. The molecule has 0 saturated carbocycles. The Kier molecular flexibility index (Phi) is 7.08. The Balaban J connectivity index is 1.35. The topological polar surface area (TPSA) is 121 Å². The molecule has 4 rings (SSSR count). The molecule has 35 heavy (non-hydrogen) atoms. The minimum absolute atomic E-state index is 0.0124. The van der Waals surface area contributed by atoms with Gasteiger partial charge in [-0.15, -0.1) is 5.10 Å². The van der Waals surface area contributed by atoms with E-state index in [1.54, 1.807) is 24.3 Å². The predicted octanol–water partition coefficient (Wildman–Crippen LogP) is 3.89. The summed E-state index contributed by atoms with van der Waals surface area (Å²) in [7, 11) is -3.57. The number of hydrogen-bond donors (Lipinski definition) is 1. The van der Waals surface area contributed by atoms with Crippen LogP contribution in [-0.2, 0) is 14.6 Å². The third-order valence-electron chi connectivity index (χ3n) is 5.11. The average molecular weight is 513 g/mol. The molecular formula is C24H24N4O5S2. The number of nitrogens with zero attached hydrogens (tertiary/aromatic N) is 3. The molecule has 11 heteroatoms. The maximum absolute atomic E-state index is 12.4. The summed E-state index contributed by atoms with van der Waals surface area (Å²) < 4.78 is 34.7. The predicted molar refractivity (Wildman–Crippen MR) is 138 cm³/mol. The number of sulfone groups is 1. The van der Waals surface area contributed by atoms with E-state index in [0.717, 1.165) is 28.8 Å². The number of benzene rings is 2. The highest BCUT2D eigenvalue weighted by molar-refractivity contribution is 8.42. The Bertz CT molecular complexity index is 1350. The zero-order valence-electron chi connectivity index (χ0n) is 19.4. The molecule has 1 N–H and O–H groups in total. The minimum atomic E-state index is -3.57. The first-order chi connectivity index (χ1) is 16.6. The van der Waals surface area contributed by atoms with Crippen LogP contribution in [0.25, 0.3) is 6.08 Å². The van der Waals surface area contributed by atoms with Crippen molar-refractivity contribution in [2.24, 2.45) is 10.1 Å². The van der Waals surface area contributed by atoms with E-state index in [0.29, 0.717) is 30.4 Å². The van der Waals surface area contributed by atoms with Crippen LogP contribution in [0.2, 0.25) is 0 Å². The van der Waals surface area contributed by atoms with Crippen molar-refractivity contribution in [3.8, 4) is 11.5 Å². The van der Waals surface area contributed by atoms with Gasteiger partial charge in [0.1, 0.15) is 24.7 Å². The molecule has 0 saturated heterocycles. The quantitative estimate of drug-likeness (QED) is 0.441. The van der Waals surface area contributed by atoms with Gasteiger partial charge in [0.25, 0.3) is 5.91 Å². The van der Waals surface area contributed by atoms with Gasteiger partial charge in [-0.25, -0.2) is 8.42 Å². The van der Waals surface area contributed by atoms with E-state index in [1.807, 2.05) is 12.1 Å². The Morgan fingerprint density at radius 3 is 2.14 bits per heavy atom. The van der Waals surface area contributed by atoms with E-state index in [2.05, 4.69) is 36.1 Å². The summed E-state index contributed by atoms with van der Waals surface area (Å²) in [6.07, 6.45) is 2.52. The van der Waals surface area contributed by atoms with Gasteiger partial charge in [-0.05, 0) is 59.1 Å². The lowest BCUT2D eigenvalue weighted by molar-refractivity contribution is -0.114. The van der Waals surface area contributed by atoms with E-state index < -0.39 is 15.7 Å². The number of rotatable bonds is 7. The van der Waals surface area contributed by atoms with E-state index in [9.17, 15) is 13.2 Å². The molecule has 0 radical (unpaired) electrons. The number of fused-ring (bicyclic) bond motifs is 1. The molecular weight excluding hydrogens is 488 g/mol. The van der Waals surface area contributed by atoms with Gasteiger partial charge in [-0.2, -0.15) is 10.0 Å². The Labute approximate surface area is 208 Å². The maximum Gasteiger partial charge on any atom is 0.283 e. The van der Waals surface area contributed by atoms with Crippen LogP contribution in [0.5, 0.6) is 11.5 Å². The number of amides is 1.